The molecule has 8 N–H and O–H groups in total. The second-order valence-electron chi connectivity index (χ2n) is 0.447. The summed E-state index contributed by atoms with van der Waals surface area (Å²) >= 11 is 0. The van der Waals surface area contributed by atoms with Crippen molar-refractivity contribution >= 4 is 0 Å². The summed E-state index contributed by atoms with van der Waals surface area (Å²) in [7, 11) is 0. The largest absolute Gasteiger partial charge is 2.00 e. The maximum atomic E-state index is 8.25. The Morgan fingerprint density at radius 2 is 0.615 bits per heavy atom. The fourth-order valence-corrected chi connectivity index (χ4v) is 0. The molecule has 0 unspecified atom stereocenters. The minimum Gasteiger partial charge on any atom is -0.412 e. The number of nitrogens with zero attached hydrogens (tertiary/aromatic N) is 2. The molecule has 0 aliphatic carbocycles. The molecule has 0 heterocycles. The van der Waals surface area contributed by atoms with Crippen LogP contribution in [-0.4, -0.2) is 32.1 Å². The Kier molecular flexibility index (Phi) is 203. The van der Waals surface area contributed by atoms with E-state index < -0.39 is 10.2 Å². The van der Waals surface area contributed by atoms with Crippen molar-refractivity contribution in [2.24, 2.45) is 0 Å². The van der Waals surface area contributed by atoms with E-state index in [2.05, 4.69) is 0 Å². The molecule has 0 aliphatic heterocycles. The third-order valence-corrected chi connectivity index (χ3v) is 0. The van der Waals surface area contributed by atoms with Crippen molar-refractivity contribution in [3.63, 3.8) is 0 Å². The van der Waals surface area contributed by atoms with Gasteiger partial charge < -0.3 is 52.5 Å². The fraction of sp³-hybridized carbons (Fsp3) is 0. The number of rotatable bonds is 0. The molecule has 0 saturated heterocycles. The molecule has 0 saturated carbocycles. The SMILES string of the molecule is O.O.O.O.O=[N+]([O-])[O-].O=[N+]([O-])[O-].[Zn+2]. The first-order chi connectivity index (χ1) is 3.46. The molecule has 12 nitrogen and oxygen atoms in total. The van der Waals surface area contributed by atoms with E-state index in [4.69, 9.17) is 30.6 Å². The zero-order valence-electron chi connectivity index (χ0n) is 6.05. The van der Waals surface area contributed by atoms with Gasteiger partial charge in [-0.15, -0.1) is 0 Å². The summed E-state index contributed by atoms with van der Waals surface area (Å²) in [5.74, 6) is 0. The van der Waals surface area contributed by atoms with Crippen molar-refractivity contribution < 1.29 is 51.6 Å². The fourth-order valence-electron chi connectivity index (χ4n) is 0. The van der Waals surface area contributed by atoms with Crippen LogP contribution < -0.4 is 0 Å². The molecule has 0 aromatic rings. The second-order valence-corrected chi connectivity index (χ2v) is 0.447. The average Bonchev–Trinajstić information content (AvgIpc) is 1.25. The molecule has 0 amide bonds. The topological polar surface area (TPSA) is 258 Å². The Balaban J connectivity index is -0.00000000800. The van der Waals surface area contributed by atoms with Crippen molar-refractivity contribution in [1.82, 2.24) is 0 Å². The Bertz CT molecular complexity index is 70.9. The molecule has 0 aromatic heterocycles. The molecule has 0 radical (unpaired) electrons. The Labute approximate surface area is 83.0 Å². The molecule has 0 aliphatic rings. The van der Waals surface area contributed by atoms with E-state index in [1.807, 2.05) is 0 Å². The van der Waals surface area contributed by atoms with Crippen LogP contribution in [0.1, 0.15) is 0 Å². The van der Waals surface area contributed by atoms with Crippen LogP contribution in [-0.2, 0) is 19.5 Å². The monoisotopic (exact) mass is 260 g/mol. The van der Waals surface area contributed by atoms with Crippen molar-refractivity contribution in [2.45, 2.75) is 0 Å². The van der Waals surface area contributed by atoms with Gasteiger partial charge >= 0.3 is 19.5 Å². The predicted molar refractivity (Wildman–Crippen MR) is 35.2 cm³/mol. The third kappa shape index (κ3) is 661. The molecular formula is H8N2O10Zn. The van der Waals surface area contributed by atoms with Gasteiger partial charge in [-0.25, -0.2) is 0 Å². The zero-order chi connectivity index (χ0) is 7.15. The molecule has 0 atom stereocenters. The van der Waals surface area contributed by atoms with Crippen molar-refractivity contribution in [3.8, 4) is 0 Å². The molecule has 13 heteroatoms. The van der Waals surface area contributed by atoms with Gasteiger partial charge in [-0.2, -0.15) is 0 Å². The van der Waals surface area contributed by atoms with Gasteiger partial charge in [0.25, 0.3) is 0 Å². The molecule has 13 heavy (non-hydrogen) atoms. The molecule has 0 bridgehead atoms. The molecular weight excluding hydrogens is 253 g/mol. The van der Waals surface area contributed by atoms with E-state index >= 15 is 0 Å². The van der Waals surface area contributed by atoms with E-state index in [-0.39, 0.29) is 41.4 Å². The summed E-state index contributed by atoms with van der Waals surface area (Å²) in [6.07, 6.45) is 0. The van der Waals surface area contributed by atoms with Gasteiger partial charge in [-0.3, -0.25) is 0 Å². The van der Waals surface area contributed by atoms with Crippen molar-refractivity contribution in [2.75, 3.05) is 0 Å². The number of hydrogen-bond donors (Lipinski definition) is 0. The summed E-state index contributed by atoms with van der Waals surface area (Å²) in [5, 5.41) is 29.5. The van der Waals surface area contributed by atoms with Gasteiger partial charge in [0.15, 0.2) is 0 Å². The van der Waals surface area contributed by atoms with Crippen LogP contribution in [0.2, 0.25) is 0 Å². The van der Waals surface area contributed by atoms with E-state index in [0.717, 1.165) is 0 Å². The van der Waals surface area contributed by atoms with Crippen LogP contribution in [0.4, 0.5) is 0 Å². The Hall–Kier alpha value is -1.14. The number of hydrogen-bond acceptors (Lipinski definition) is 6. The second kappa shape index (κ2) is 44.7. The van der Waals surface area contributed by atoms with Gasteiger partial charge in [0, 0.05) is 0 Å². The summed E-state index contributed by atoms with van der Waals surface area (Å²) < 4.78 is 0. The van der Waals surface area contributed by atoms with Crippen LogP contribution >= 0.6 is 0 Å². The Morgan fingerprint density at radius 1 is 0.615 bits per heavy atom. The first-order valence-electron chi connectivity index (χ1n) is 1.10. The normalized spacial score (nSPS) is 3.69. The smallest absolute Gasteiger partial charge is 0.412 e. The molecule has 80 valence electrons. The summed E-state index contributed by atoms with van der Waals surface area (Å²) in [5.41, 5.74) is 0. The van der Waals surface area contributed by atoms with Crippen molar-refractivity contribution in [3.05, 3.63) is 30.6 Å². The van der Waals surface area contributed by atoms with Gasteiger partial charge in [-0.1, -0.05) is 0 Å². The molecule has 0 aromatic carbocycles. The van der Waals surface area contributed by atoms with Gasteiger partial charge in [0.05, 0.1) is 10.2 Å². The standard InChI is InChI=1S/2NO3.4H2O.Zn/c2*2-1(3)4;;;;;/h;;4*1H2;/q2*-1;;;;;+2. The molecule has 0 rings (SSSR count). The minimum absolute atomic E-state index is 0. The van der Waals surface area contributed by atoms with E-state index in [1.54, 1.807) is 0 Å². The van der Waals surface area contributed by atoms with E-state index in [9.17, 15) is 0 Å². The molecule has 0 fully saturated rings. The minimum atomic E-state index is -1.75. The molecule has 0 spiro atoms. The van der Waals surface area contributed by atoms with Gasteiger partial charge in [0.2, 0.25) is 0 Å². The van der Waals surface area contributed by atoms with Gasteiger partial charge in [-0.05, 0) is 0 Å². The Morgan fingerprint density at radius 3 is 0.615 bits per heavy atom. The predicted octanol–water partition coefficient (Wildman–Crippen LogP) is -3.78. The first kappa shape index (κ1) is 59.2. The third-order valence-electron chi connectivity index (χ3n) is 0. The zero-order valence-corrected chi connectivity index (χ0v) is 9.02. The van der Waals surface area contributed by atoms with Crippen LogP contribution in [0.25, 0.3) is 0 Å². The first-order valence-corrected chi connectivity index (χ1v) is 1.10. The quantitative estimate of drug-likeness (QED) is 0.239. The van der Waals surface area contributed by atoms with Crippen LogP contribution in [0, 0.1) is 30.6 Å². The summed E-state index contributed by atoms with van der Waals surface area (Å²) in [4.78, 5) is 16.5. The van der Waals surface area contributed by atoms with Gasteiger partial charge in [0.1, 0.15) is 0 Å². The van der Waals surface area contributed by atoms with Crippen LogP contribution in [0.5, 0.6) is 0 Å². The van der Waals surface area contributed by atoms with Crippen LogP contribution in [0.3, 0.4) is 0 Å². The summed E-state index contributed by atoms with van der Waals surface area (Å²) in [6, 6.07) is 0. The maximum absolute atomic E-state index is 8.25. The summed E-state index contributed by atoms with van der Waals surface area (Å²) in [6.45, 7) is 0. The maximum Gasteiger partial charge on any atom is 2.00 e. The van der Waals surface area contributed by atoms with Crippen molar-refractivity contribution in [1.29, 1.82) is 0 Å². The van der Waals surface area contributed by atoms with E-state index in [1.165, 1.54) is 0 Å². The average molecular weight is 261 g/mol. The van der Waals surface area contributed by atoms with Crippen LogP contribution in [0.15, 0.2) is 0 Å². The van der Waals surface area contributed by atoms with E-state index in [0.29, 0.717) is 0 Å².